The smallest absolute Gasteiger partial charge is 0.148 e. The number of hydrogen-bond donors (Lipinski definition) is 0. The van der Waals surface area contributed by atoms with E-state index in [2.05, 4.69) is 42.5 Å². The van der Waals surface area contributed by atoms with Gasteiger partial charge >= 0.3 is 0 Å². The Morgan fingerprint density at radius 2 is 1.58 bits per heavy atom. The minimum absolute atomic E-state index is 0.0106. The van der Waals surface area contributed by atoms with Crippen LogP contribution < -0.4 is 0 Å². The molecule has 1 unspecified atom stereocenters. The molecule has 0 aliphatic heterocycles. The minimum atomic E-state index is -0.0106. The molecule has 92 valence electrons. The molecule has 2 aromatic rings. The maximum absolute atomic E-state index is 12.3. The van der Waals surface area contributed by atoms with Gasteiger partial charge in [-0.2, -0.15) is 0 Å². The highest BCUT2D eigenvalue weighted by atomic mass is 16.1. The lowest BCUT2D eigenvalue weighted by molar-refractivity contribution is -0.118. The molecule has 2 aromatic carbocycles. The highest BCUT2D eigenvalue weighted by Crippen LogP contribution is 2.40. The third kappa shape index (κ3) is 1.58. The average molecular weight is 246 g/mol. The van der Waals surface area contributed by atoms with Crippen molar-refractivity contribution in [1.29, 1.82) is 0 Å². The van der Waals surface area contributed by atoms with Crippen LogP contribution in [0.2, 0.25) is 0 Å². The van der Waals surface area contributed by atoms with E-state index in [1.165, 1.54) is 27.8 Å². The van der Waals surface area contributed by atoms with E-state index in [4.69, 9.17) is 0 Å². The lowest BCUT2D eigenvalue weighted by Crippen LogP contribution is -2.09. The summed E-state index contributed by atoms with van der Waals surface area (Å²) in [4.78, 5) is 12.3. The molecule has 1 atom stereocenters. The van der Waals surface area contributed by atoms with E-state index in [9.17, 15) is 4.79 Å². The molecular weight excluding hydrogens is 232 g/mol. The average Bonchev–Trinajstić information content (AvgIpc) is 2.97. The van der Waals surface area contributed by atoms with Crippen LogP contribution in [0.1, 0.15) is 28.2 Å². The predicted molar refractivity (Wildman–Crippen MR) is 76.0 cm³/mol. The molecule has 0 bridgehead atoms. The molecule has 2 aliphatic rings. The number of hydrogen-bond acceptors (Lipinski definition) is 1. The van der Waals surface area contributed by atoms with Crippen LogP contribution >= 0.6 is 0 Å². The largest absolute Gasteiger partial charge is 0.298 e. The zero-order valence-corrected chi connectivity index (χ0v) is 10.6. The molecule has 0 N–H and O–H groups in total. The van der Waals surface area contributed by atoms with Crippen molar-refractivity contribution in [3.05, 3.63) is 76.4 Å². The number of ketones is 1. The maximum atomic E-state index is 12.3. The predicted octanol–water partition coefficient (Wildman–Crippen LogP) is 3.54. The maximum Gasteiger partial charge on any atom is 0.148 e. The Morgan fingerprint density at radius 1 is 0.842 bits per heavy atom. The normalized spacial score (nSPS) is 20.1. The van der Waals surface area contributed by atoms with E-state index in [1.807, 2.05) is 12.1 Å². The molecule has 2 aliphatic carbocycles. The number of carbonyl (C=O) groups is 1. The van der Waals surface area contributed by atoms with Gasteiger partial charge in [0.15, 0.2) is 0 Å². The Balaban J connectivity index is 1.78. The summed E-state index contributed by atoms with van der Waals surface area (Å²) in [5.41, 5.74) is 6.29. The van der Waals surface area contributed by atoms with E-state index >= 15 is 0 Å². The standard InChI is InChI=1S/C18H14O/c19-17-11-14-7-3-4-8-16(14)18(17)15-9-12-5-1-2-6-13(12)10-15/h1-9,18H,10-11H2. The number of rotatable bonds is 1. The second kappa shape index (κ2) is 3.92. The number of benzene rings is 2. The first-order valence-corrected chi connectivity index (χ1v) is 6.72. The van der Waals surface area contributed by atoms with Gasteiger partial charge < -0.3 is 0 Å². The van der Waals surface area contributed by atoms with Crippen molar-refractivity contribution in [2.75, 3.05) is 0 Å². The van der Waals surface area contributed by atoms with Crippen LogP contribution in [0.3, 0.4) is 0 Å². The molecule has 0 amide bonds. The lowest BCUT2D eigenvalue weighted by Gasteiger charge is -2.11. The first kappa shape index (κ1) is 10.7. The van der Waals surface area contributed by atoms with Crippen molar-refractivity contribution in [2.45, 2.75) is 18.8 Å². The highest BCUT2D eigenvalue weighted by Gasteiger charge is 2.34. The second-order valence-corrected chi connectivity index (χ2v) is 5.37. The van der Waals surface area contributed by atoms with Crippen molar-refractivity contribution in [1.82, 2.24) is 0 Å². The lowest BCUT2D eigenvalue weighted by atomic mass is 9.91. The van der Waals surface area contributed by atoms with Crippen molar-refractivity contribution in [3.63, 3.8) is 0 Å². The summed E-state index contributed by atoms with van der Waals surface area (Å²) in [7, 11) is 0. The zero-order valence-electron chi connectivity index (χ0n) is 10.6. The number of fused-ring (bicyclic) bond motifs is 2. The quantitative estimate of drug-likeness (QED) is 0.752. The summed E-state index contributed by atoms with van der Waals surface area (Å²) in [6.45, 7) is 0. The molecule has 0 heterocycles. The minimum Gasteiger partial charge on any atom is -0.298 e. The van der Waals surface area contributed by atoms with Gasteiger partial charge in [-0.1, -0.05) is 60.2 Å². The summed E-state index contributed by atoms with van der Waals surface area (Å²) in [6, 6.07) is 16.7. The Hall–Kier alpha value is -2.15. The molecule has 19 heavy (non-hydrogen) atoms. The second-order valence-electron chi connectivity index (χ2n) is 5.37. The summed E-state index contributed by atoms with van der Waals surface area (Å²) in [5.74, 6) is 0.337. The van der Waals surface area contributed by atoms with Crippen molar-refractivity contribution >= 4 is 11.9 Å². The van der Waals surface area contributed by atoms with Crippen LogP contribution in [0.25, 0.3) is 6.08 Å². The van der Waals surface area contributed by atoms with Crippen molar-refractivity contribution in [3.8, 4) is 0 Å². The fourth-order valence-electron chi connectivity index (χ4n) is 3.34. The molecule has 0 saturated carbocycles. The topological polar surface area (TPSA) is 17.1 Å². The van der Waals surface area contributed by atoms with Crippen molar-refractivity contribution in [2.24, 2.45) is 0 Å². The number of carbonyl (C=O) groups excluding carboxylic acids is 1. The van der Waals surface area contributed by atoms with Gasteiger partial charge in [0.2, 0.25) is 0 Å². The summed E-state index contributed by atoms with van der Waals surface area (Å²) in [6.07, 6.45) is 3.72. The van der Waals surface area contributed by atoms with Gasteiger partial charge in [0.1, 0.15) is 5.78 Å². The number of Topliss-reactive ketones (excluding diaryl/α,β-unsaturated/α-hetero) is 1. The third-order valence-electron chi connectivity index (χ3n) is 4.21. The van der Waals surface area contributed by atoms with E-state index < -0.39 is 0 Å². The summed E-state index contributed by atoms with van der Waals surface area (Å²) in [5, 5.41) is 0. The van der Waals surface area contributed by atoms with E-state index in [-0.39, 0.29) is 5.92 Å². The Labute approximate surface area is 112 Å². The first-order valence-electron chi connectivity index (χ1n) is 6.72. The van der Waals surface area contributed by atoms with Crippen molar-refractivity contribution < 1.29 is 4.79 Å². The number of allylic oxidation sites excluding steroid dienone is 1. The van der Waals surface area contributed by atoms with Gasteiger partial charge in [-0.3, -0.25) is 4.79 Å². The third-order valence-corrected chi connectivity index (χ3v) is 4.21. The van der Waals surface area contributed by atoms with Gasteiger partial charge in [0.05, 0.1) is 5.92 Å². The van der Waals surface area contributed by atoms with Crippen LogP contribution in [0.5, 0.6) is 0 Å². The van der Waals surface area contributed by atoms with Gasteiger partial charge in [-0.05, 0) is 28.7 Å². The van der Waals surface area contributed by atoms with Crippen LogP contribution in [-0.2, 0) is 17.6 Å². The van der Waals surface area contributed by atoms with E-state index in [1.54, 1.807) is 0 Å². The highest BCUT2D eigenvalue weighted by molar-refractivity contribution is 5.96. The van der Waals surface area contributed by atoms with Crippen LogP contribution in [0.15, 0.2) is 54.1 Å². The molecular formula is C18H14O. The summed E-state index contributed by atoms with van der Waals surface area (Å²) >= 11 is 0. The summed E-state index contributed by atoms with van der Waals surface area (Å²) < 4.78 is 0. The molecule has 0 saturated heterocycles. The molecule has 4 rings (SSSR count). The molecule has 1 nitrogen and oxygen atoms in total. The molecule has 0 radical (unpaired) electrons. The molecule has 0 fully saturated rings. The van der Waals surface area contributed by atoms with Crippen LogP contribution in [0.4, 0.5) is 0 Å². The fraction of sp³-hybridized carbons (Fsp3) is 0.167. The molecule has 0 spiro atoms. The van der Waals surface area contributed by atoms with Crippen LogP contribution in [0, 0.1) is 0 Å². The monoisotopic (exact) mass is 246 g/mol. The van der Waals surface area contributed by atoms with E-state index in [0.717, 1.165) is 6.42 Å². The first-order chi connectivity index (χ1) is 9.33. The van der Waals surface area contributed by atoms with E-state index in [0.29, 0.717) is 12.2 Å². The van der Waals surface area contributed by atoms with Gasteiger partial charge in [-0.15, -0.1) is 0 Å². The molecule has 1 heteroatoms. The Bertz CT molecular complexity index is 709. The zero-order chi connectivity index (χ0) is 12.8. The van der Waals surface area contributed by atoms with Gasteiger partial charge in [0.25, 0.3) is 0 Å². The van der Waals surface area contributed by atoms with Gasteiger partial charge in [-0.25, -0.2) is 0 Å². The van der Waals surface area contributed by atoms with Crippen LogP contribution in [-0.4, -0.2) is 5.78 Å². The Kier molecular flexibility index (Phi) is 2.22. The van der Waals surface area contributed by atoms with Gasteiger partial charge in [0, 0.05) is 6.42 Å². The SMILES string of the molecule is O=C1Cc2ccccc2C1C1=Cc2ccccc2C1. The Morgan fingerprint density at radius 3 is 2.42 bits per heavy atom. The fourth-order valence-corrected chi connectivity index (χ4v) is 3.34. The molecule has 0 aromatic heterocycles.